The Bertz CT molecular complexity index is 939. The summed E-state index contributed by atoms with van der Waals surface area (Å²) in [5.41, 5.74) is 0.134. The smallest absolute Gasteiger partial charge is 0.350 e. The van der Waals surface area contributed by atoms with Gasteiger partial charge in [-0.25, -0.2) is 14.8 Å². The van der Waals surface area contributed by atoms with Gasteiger partial charge < -0.3 is 17.2 Å². The molecule has 0 spiro atoms. The van der Waals surface area contributed by atoms with E-state index >= 15 is 0 Å². The molecule has 0 amide bonds. The van der Waals surface area contributed by atoms with Crippen molar-refractivity contribution >= 4 is 29.5 Å². The summed E-state index contributed by atoms with van der Waals surface area (Å²) in [5, 5.41) is 0.191. The second-order valence-corrected chi connectivity index (χ2v) is 4.79. The van der Waals surface area contributed by atoms with E-state index in [0.29, 0.717) is 17.8 Å². The van der Waals surface area contributed by atoms with Gasteiger partial charge in [-0.15, -0.1) is 0 Å². The van der Waals surface area contributed by atoms with E-state index in [9.17, 15) is 9.70 Å². The van der Waals surface area contributed by atoms with Gasteiger partial charge in [0.1, 0.15) is 16.8 Å². The average molecular weight is 314 g/mol. The van der Waals surface area contributed by atoms with Crippen molar-refractivity contribution in [2.24, 2.45) is 0 Å². The highest BCUT2D eigenvalue weighted by Crippen LogP contribution is 2.27. The average Bonchev–Trinajstić information content (AvgIpc) is 2.54. The summed E-state index contributed by atoms with van der Waals surface area (Å²) < 4.78 is 5.46. The van der Waals surface area contributed by atoms with Gasteiger partial charge in [0.05, 0.1) is 0 Å². The van der Waals surface area contributed by atoms with Gasteiger partial charge in [0.25, 0.3) is 5.69 Å². The molecule has 3 aromatic rings. The first-order valence-corrected chi connectivity index (χ1v) is 6.87. The Morgan fingerprint density at radius 1 is 1.27 bits per heavy atom. The maximum Gasteiger partial charge on any atom is 0.350 e. The van der Waals surface area contributed by atoms with Gasteiger partial charge in [0, 0.05) is 23.6 Å². The Hall–Kier alpha value is -2.74. The molecule has 0 aliphatic carbocycles. The summed E-state index contributed by atoms with van der Waals surface area (Å²) in [6.07, 6.45) is 2.01. The first kappa shape index (κ1) is 14.2. The monoisotopic (exact) mass is 314 g/mol. The minimum Gasteiger partial charge on any atom is -0.403 e. The zero-order valence-electron chi connectivity index (χ0n) is 11.5. The van der Waals surface area contributed by atoms with Crippen LogP contribution in [0.25, 0.3) is 22.5 Å². The fourth-order valence-electron chi connectivity index (χ4n) is 2.00. The van der Waals surface area contributed by atoms with Gasteiger partial charge in [-0.05, 0) is 6.07 Å². The molecule has 0 aliphatic rings. The molecule has 22 heavy (non-hydrogen) atoms. The van der Waals surface area contributed by atoms with Gasteiger partial charge in [0.15, 0.2) is 5.65 Å². The molecule has 0 fully saturated rings. The van der Waals surface area contributed by atoms with Crippen LogP contribution < -0.4 is 5.63 Å². The van der Waals surface area contributed by atoms with Crippen LogP contribution in [-0.4, -0.2) is 19.1 Å². The highest BCUT2D eigenvalue weighted by atomic mass is 32.1. The quantitative estimate of drug-likeness (QED) is 0.540. The minimum atomic E-state index is -0.612. The third kappa shape index (κ3) is 2.44. The Kier molecular flexibility index (Phi) is 3.60. The standard InChI is InChI=1S/C14H10N4O3S/c1-2-11-15-7-9-12(16-11)17-13(21-14(9)19)8-5-3-4-6-10(8)18(20)22/h3-7H,2H2,1H3. The fraction of sp³-hybridized carbons (Fsp3) is 0.143. The molecule has 0 bridgehead atoms. The SMILES string of the molecule is CCc1ncc2c(=O)oc(-c3ccccc3[N+](=O)[S-])nc2n1. The van der Waals surface area contributed by atoms with Crippen molar-refractivity contribution in [3.63, 3.8) is 0 Å². The molecular formula is C14H10N4O3S. The number of rotatable bonds is 3. The summed E-state index contributed by atoms with van der Waals surface area (Å²) >= 11 is 4.61. The normalized spacial score (nSPS) is 10.8. The number of nitrogens with zero attached hydrogens (tertiary/aromatic N) is 4. The van der Waals surface area contributed by atoms with Crippen LogP contribution in [0, 0.1) is 4.91 Å². The van der Waals surface area contributed by atoms with Crippen LogP contribution in [0.4, 0.5) is 5.69 Å². The molecule has 2 heterocycles. The van der Waals surface area contributed by atoms with E-state index in [1.165, 1.54) is 12.3 Å². The van der Waals surface area contributed by atoms with E-state index < -0.39 is 5.63 Å². The molecule has 0 atom stereocenters. The van der Waals surface area contributed by atoms with E-state index in [2.05, 4.69) is 27.8 Å². The molecule has 0 N–H and O–H groups in total. The Morgan fingerprint density at radius 2 is 2.05 bits per heavy atom. The number of hydrogen-bond donors (Lipinski definition) is 0. The number of para-hydroxylation sites is 1. The Labute approximate surface area is 130 Å². The van der Waals surface area contributed by atoms with Crippen molar-refractivity contribution in [3.05, 3.63) is 51.6 Å². The van der Waals surface area contributed by atoms with Crippen LogP contribution in [0.15, 0.2) is 39.7 Å². The van der Waals surface area contributed by atoms with Crippen molar-refractivity contribution < 1.29 is 8.58 Å². The lowest BCUT2D eigenvalue weighted by Gasteiger charge is -2.04. The van der Waals surface area contributed by atoms with Crippen LogP contribution in [0.2, 0.25) is 0 Å². The molecule has 7 nitrogen and oxygen atoms in total. The second-order valence-electron chi connectivity index (χ2n) is 4.46. The van der Waals surface area contributed by atoms with Crippen LogP contribution >= 0.6 is 0 Å². The summed E-state index contributed by atoms with van der Waals surface area (Å²) in [7, 11) is 0. The Morgan fingerprint density at radius 3 is 2.77 bits per heavy atom. The lowest BCUT2D eigenvalue weighted by molar-refractivity contribution is -0.261. The first-order chi connectivity index (χ1) is 10.6. The largest absolute Gasteiger partial charge is 0.403 e. The highest BCUT2D eigenvalue weighted by Gasteiger charge is 2.18. The third-order valence-corrected chi connectivity index (χ3v) is 3.28. The van der Waals surface area contributed by atoms with E-state index in [4.69, 9.17) is 4.42 Å². The maximum absolute atomic E-state index is 12.0. The number of nitroso groups, excluding NO2 is 1. The van der Waals surface area contributed by atoms with Gasteiger partial charge in [-0.1, -0.05) is 23.2 Å². The molecule has 3 rings (SSSR count). The van der Waals surface area contributed by atoms with E-state index in [-0.39, 0.29) is 26.8 Å². The van der Waals surface area contributed by atoms with Gasteiger partial charge in [-0.3, -0.25) is 0 Å². The summed E-state index contributed by atoms with van der Waals surface area (Å²) in [5.74, 6) is 0.568. The molecule has 0 unspecified atom stereocenters. The zero-order valence-corrected chi connectivity index (χ0v) is 12.3. The summed E-state index contributed by atoms with van der Waals surface area (Å²) in [6.45, 7) is 1.90. The number of hydrogen-bond acceptors (Lipinski definition) is 7. The molecule has 110 valence electrons. The van der Waals surface area contributed by atoms with Gasteiger partial charge in [0.2, 0.25) is 5.89 Å². The molecular weight excluding hydrogens is 304 g/mol. The molecule has 8 heteroatoms. The molecule has 1 aromatic carbocycles. The summed E-state index contributed by atoms with van der Waals surface area (Å²) in [4.78, 5) is 36.0. The van der Waals surface area contributed by atoms with Crippen molar-refractivity contribution in [3.8, 4) is 11.5 Å². The molecule has 0 radical (unpaired) electrons. The molecule has 2 aromatic heterocycles. The van der Waals surface area contributed by atoms with Crippen LogP contribution in [0.3, 0.4) is 0 Å². The highest BCUT2D eigenvalue weighted by molar-refractivity contribution is 7.51. The lowest BCUT2D eigenvalue weighted by atomic mass is 10.2. The van der Waals surface area contributed by atoms with Gasteiger partial charge >= 0.3 is 5.63 Å². The van der Waals surface area contributed by atoms with E-state index in [1.807, 2.05) is 6.92 Å². The van der Waals surface area contributed by atoms with Crippen molar-refractivity contribution in [2.45, 2.75) is 13.3 Å². The van der Waals surface area contributed by atoms with E-state index in [1.54, 1.807) is 18.2 Å². The number of benzene rings is 1. The zero-order chi connectivity index (χ0) is 15.7. The van der Waals surface area contributed by atoms with Crippen molar-refractivity contribution in [1.82, 2.24) is 15.0 Å². The number of fused-ring (bicyclic) bond motifs is 1. The van der Waals surface area contributed by atoms with Crippen LogP contribution in [-0.2, 0) is 19.2 Å². The number of aromatic nitrogens is 3. The first-order valence-electron chi connectivity index (χ1n) is 6.50. The predicted octanol–water partition coefficient (Wildman–Crippen LogP) is 2.08. The Balaban J connectivity index is 2.28. The maximum atomic E-state index is 12.0. The summed E-state index contributed by atoms with van der Waals surface area (Å²) in [6, 6.07) is 6.48. The predicted molar refractivity (Wildman–Crippen MR) is 81.3 cm³/mol. The van der Waals surface area contributed by atoms with Crippen LogP contribution in [0.5, 0.6) is 0 Å². The van der Waals surface area contributed by atoms with Crippen molar-refractivity contribution in [1.29, 1.82) is 0 Å². The van der Waals surface area contributed by atoms with Gasteiger partial charge in [-0.2, -0.15) is 4.98 Å². The minimum absolute atomic E-state index is 0.000414. The molecule has 0 saturated heterocycles. The lowest BCUT2D eigenvalue weighted by Crippen LogP contribution is -2.07. The fourth-order valence-corrected chi connectivity index (χ4v) is 2.16. The topological polar surface area (TPSA) is 89.0 Å². The number of aryl methyl sites for hydroxylation is 1. The van der Waals surface area contributed by atoms with Crippen molar-refractivity contribution in [2.75, 3.05) is 0 Å². The second kappa shape index (κ2) is 5.57. The molecule has 0 saturated carbocycles. The van der Waals surface area contributed by atoms with E-state index in [0.717, 1.165) is 0 Å². The molecule has 0 aliphatic heterocycles. The van der Waals surface area contributed by atoms with Crippen LogP contribution in [0.1, 0.15) is 12.7 Å². The third-order valence-electron chi connectivity index (χ3n) is 3.08.